The molecule has 0 amide bonds. The Hall–Kier alpha value is 0.270. The van der Waals surface area contributed by atoms with Crippen molar-refractivity contribution < 1.29 is 0 Å². The Labute approximate surface area is 130 Å². The predicted octanol–water partition coefficient (Wildman–Crippen LogP) is 3.76. The minimum Gasteiger partial charge on any atom is -0.312 e. The lowest BCUT2D eigenvalue weighted by Crippen LogP contribution is -2.46. The zero-order chi connectivity index (χ0) is 14.2. The average Bonchev–Trinajstić information content (AvgIpc) is 2.74. The molecule has 3 heteroatoms. The van der Waals surface area contributed by atoms with Gasteiger partial charge in [0.05, 0.1) is 0 Å². The van der Waals surface area contributed by atoms with Gasteiger partial charge < -0.3 is 5.32 Å². The van der Waals surface area contributed by atoms with Gasteiger partial charge in [-0.2, -0.15) is 11.8 Å². The minimum atomic E-state index is 0.763. The lowest BCUT2D eigenvalue weighted by atomic mass is 9.83. The smallest absolute Gasteiger partial charge is 0.0223 e. The Kier molecular flexibility index (Phi) is 7.75. The van der Waals surface area contributed by atoms with E-state index in [1.54, 1.807) is 0 Å². The first-order valence-electron chi connectivity index (χ1n) is 8.86. The molecule has 2 fully saturated rings. The van der Waals surface area contributed by atoms with Gasteiger partial charge >= 0.3 is 0 Å². The van der Waals surface area contributed by atoms with Gasteiger partial charge in [0.1, 0.15) is 0 Å². The normalized spacial score (nSPS) is 28.2. The van der Waals surface area contributed by atoms with E-state index in [-0.39, 0.29) is 0 Å². The summed E-state index contributed by atoms with van der Waals surface area (Å²) in [7, 11) is 0. The maximum Gasteiger partial charge on any atom is 0.0223 e. The van der Waals surface area contributed by atoms with Crippen LogP contribution in [0.15, 0.2) is 0 Å². The molecule has 0 bridgehead atoms. The lowest BCUT2D eigenvalue weighted by Gasteiger charge is -2.35. The summed E-state index contributed by atoms with van der Waals surface area (Å²) >= 11 is 2.09. The maximum absolute atomic E-state index is 3.86. The molecule has 1 aliphatic heterocycles. The Morgan fingerprint density at radius 3 is 2.75 bits per heavy atom. The molecule has 2 aliphatic rings. The highest BCUT2D eigenvalue weighted by molar-refractivity contribution is 7.99. The fourth-order valence-corrected chi connectivity index (χ4v) is 4.61. The number of rotatable bonds is 6. The Balaban J connectivity index is 1.82. The molecule has 118 valence electrons. The van der Waals surface area contributed by atoms with Crippen molar-refractivity contribution in [2.75, 3.05) is 31.1 Å². The Morgan fingerprint density at radius 2 is 2.00 bits per heavy atom. The van der Waals surface area contributed by atoms with Gasteiger partial charge in [-0.15, -0.1) is 0 Å². The van der Waals surface area contributed by atoms with Crippen molar-refractivity contribution in [2.24, 2.45) is 5.92 Å². The standard InChI is InChI=1S/C17H34N2S/c1-3-20-13-10-15(2)19-12-7-11-18-17(14-19)16-8-5-4-6-9-16/h15-18H,3-14H2,1-2H3. The van der Waals surface area contributed by atoms with E-state index in [2.05, 4.69) is 35.8 Å². The molecule has 2 nitrogen and oxygen atoms in total. The highest BCUT2D eigenvalue weighted by atomic mass is 32.2. The van der Waals surface area contributed by atoms with Crippen LogP contribution in [0.1, 0.15) is 58.8 Å². The summed E-state index contributed by atoms with van der Waals surface area (Å²) in [4.78, 5) is 2.77. The molecule has 0 spiro atoms. The minimum absolute atomic E-state index is 0.763. The average molecular weight is 299 g/mol. The molecule has 1 aliphatic carbocycles. The van der Waals surface area contributed by atoms with Crippen molar-refractivity contribution in [2.45, 2.75) is 70.9 Å². The van der Waals surface area contributed by atoms with Crippen molar-refractivity contribution in [3.63, 3.8) is 0 Å². The van der Waals surface area contributed by atoms with Crippen LogP contribution in [0.4, 0.5) is 0 Å². The fraction of sp³-hybridized carbons (Fsp3) is 1.00. The SMILES string of the molecule is CCSCCC(C)N1CCCNC(C2CCCCC2)C1. The summed E-state index contributed by atoms with van der Waals surface area (Å²) in [6, 6.07) is 1.53. The monoisotopic (exact) mass is 298 g/mol. The molecule has 1 saturated heterocycles. The summed E-state index contributed by atoms with van der Waals surface area (Å²) in [5.74, 6) is 3.54. The number of nitrogens with zero attached hydrogens (tertiary/aromatic N) is 1. The van der Waals surface area contributed by atoms with Gasteiger partial charge in [-0.05, 0) is 63.1 Å². The van der Waals surface area contributed by atoms with Gasteiger partial charge in [-0.25, -0.2) is 0 Å². The van der Waals surface area contributed by atoms with Crippen LogP contribution in [0.25, 0.3) is 0 Å². The van der Waals surface area contributed by atoms with Gasteiger partial charge in [0.25, 0.3) is 0 Å². The van der Waals surface area contributed by atoms with E-state index < -0.39 is 0 Å². The van der Waals surface area contributed by atoms with Gasteiger partial charge in [0.15, 0.2) is 0 Å². The summed E-state index contributed by atoms with van der Waals surface area (Å²) in [5.41, 5.74) is 0. The van der Waals surface area contributed by atoms with Gasteiger partial charge in [-0.3, -0.25) is 4.90 Å². The zero-order valence-electron chi connectivity index (χ0n) is 13.6. The first-order chi connectivity index (χ1) is 9.81. The summed E-state index contributed by atoms with van der Waals surface area (Å²) in [5, 5.41) is 3.86. The first kappa shape index (κ1) is 16.6. The molecule has 1 saturated carbocycles. The summed E-state index contributed by atoms with van der Waals surface area (Å²) in [6.07, 6.45) is 10.0. The van der Waals surface area contributed by atoms with E-state index in [0.29, 0.717) is 0 Å². The lowest BCUT2D eigenvalue weighted by molar-refractivity contribution is 0.167. The van der Waals surface area contributed by atoms with Gasteiger partial charge in [-0.1, -0.05) is 26.2 Å². The van der Waals surface area contributed by atoms with Crippen molar-refractivity contribution in [3.8, 4) is 0 Å². The molecule has 2 atom stereocenters. The number of hydrogen-bond acceptors (Lipinski definition) is 3. The van der Waals surface area contributed by atoms with E-state index in [9.17, 15) is 0 Å². The van der Waals surface area contributed by atoms with Crippen LogP contribution in [-0.2, 0) is 0 Å². The third kappa shape index (κ3) is 5.23. The number of hydrogen-bond donors (Lipinski definition) is 1. The molecule has 20 heavy (non-hydrogen) atoms. The topological polar surface area (TPSA) is 15.3 Å². The van der Waals surface area contributed by atoms with Gasteiger partial charge in [0, 0.05) is 18.6 Å². The molecule has 0 aromatic rings. The third-order valence-electron chi connectivity index (χ3n) is 5.19. The molecule has 0 aromatic heterocycles. The molecule has 0 aromatic carbocycles. The van der Waals surface area contributed by atoms with Crippen LogP contribution in [0.2, 0.25) is 0 Å². The Morgan fingerprint density at radius 1 is 1.20 bits per heavy atom. The van der Waals surface area contributed by atoms with Crippen molar-refractivity contribution in [3.05, 3.63) is 0 Å². The second-order valence-electron chi connectivity index (χ2n) is 6.64. The predicted molar refractivity (Wildman–Crippen MR) is 91.6 cm³/mol. The largest absolute Gasteiger partial charge is 0.312 e. The van der Waals surface area contributed by atoms with Crippen molar-refractivity contribution in [1.29, 1.82) is 0 Å². The quantitative estimate of drug-likeness (QED) is 0.752. The highest BCUT2D eigenvalue weighted by Gasteiger charge is 2.28. The molecule has 1 heterocycles. The molecular formula is C17H34N2S. The fourth-order valence-electron chi connectivity index (χ4n) is 3.81. The summed E-state index contributed by atoms with van der Waals surface area (Å²) < 4.78 is 0. The zero-order valence-corrected chi connectivity index (χ0v) is 14.4. The molecule has 2 unspecified atom stereocenters. The number of nitrogens with one attached hydrogen (secondary N) is 1. The summed E-state index contributed by atoms with van der Waals surface area (Å²) in [6.45, 7) is 8.54. The maximum atomic E-state index is 3.86. The molecular weight excluding hydrogens is 264 g/mol. The van der Waals surface area contributed by atoms with E-state index in [1.807, 2.05) is 0 Å². The van der Waals surface area contributed by atoms with Crippen molar-refractivity contribution >= 4 is 11.8 Å². The highest BCUT2D eigenvalue weighted by Crippen LogP contribution is 2.28. The first-order valence-corrected chi connectivity index (χ1v) is 10.0. The molecule has 2 rings (SSSR count). The van der Waals surface area contributed by atoms with Crippen LogP contribution >= 0.6 is 11.8 Å². The van der Waals surface area contributed by atoms with Crippen LogP contribution in [0.3, 0.4) is 0 Å². The van der Waals surface area contributed by atoms with Crippen LogP contribution < -0.4 is 5.32 Å². The van der Waals surface area contributed by atoms with E-state index in [0.717, 1.165) is 18.0 Å². The van der Waals surface area contributed by atoms with Crippen LogP contribution in [0, 0.1) is 5.92 Å². The third-order valence-corrected chi connectivity index (χ3v) is 6.12. The van der Waals surface area contributed by atoms with Crippen LogP contribution in [0.5, 0.6) is 0 Å². The van der Waals surface area contributed by atoms with Crippen LogP contribution in [-0.4, -0.2) is 48.1 Å². The second-order valence-corrected chi connectivity index (χ2v) is 8.04. The number of thioether (sulfide) groups is 1. The van der Waals surface area contributed by atoms with E-state index in [1.165, 1.54) is 76.1 Å². The Bertz CT molecular complexity index is 253. The second kappa shape index (κ2) is 9.32. The molecule has 1 N–H and O–H groups in total. The van der Waals surface area contributed by atoms with Gasteiger partial charge in [0.2, 0.25) is 0 Å². The van der Waals surface area contributed by atoms with E-state index >= 15 is 0 Å². The molecule has 0 radical (unpaired) electrons. The van der Waals surface area contributed by atoms with E-state index in [4.69, 9.17) is 0 Å². The van der Waals surface area contributed by atoms with Crippen molar-refractivity contribution in [1.82, 2.24) is 10.2 Å².